The summed E-state index contributed by atoms with van der Waals surface area (Å²) in [5.74, 6) is -1.71. The van der Waals surface area contributed by atoms with Crippen molar-refractivity contribution in [2.75, 3.05) is 6.54 Å². The molecule has 1 aromatic carbocycles. The lowest BCUT2D eigenvalue weighted by atomic mass is 10.1. The Morgan fingerprint density at radius 1 is 1.48 bits per heavy atom. The topological polar surface area (TPSA) is 63.5 Å². The number of alkyl halides is 2. The molecule has 8 heteroatoms. The molecule has 2 rings (SSSR count). The highest BCUT2D eigenvalue weighted by Crippen LogP contribution is 2.30. The average molecular weight is 302 g/mol. The summed E-state index contributed by atoms with van der Waals surface area (Å²) in [4.78, 5) is 23.2. The first-order valence-corrected chi connectivity index (χ1v) is 6.35. The van der Waals surface area contributed by atoms with Crippen molar-refractivity contribution in [3.8, 4) is 0 Å². The molecule has 0 heterocycles. The molecule has 1 aliphatic carbocycles. The van der Waals surface area contributed by atoms with Crippen LogP contribution in [0.25, 0.3) is 0 Å². The second-order valence-electron chi connectivity index (χ2n) is 4.94. The number of halogens is 3. The summed E-state index contributed by atoms with van der Waals surface area (Å²) in [6, 6.07) is 1.49. The first kappa shape index (κ1) is 15.3. The number of rotatable bonds is 5. The van der Waals surface area contributed by atoms with Crippen molar-refractivity contribution in [1.82, 2.24) is 4.90 Å². The van der Waals surface area contributed by atoms with Crippen LogP contribution in [-0.2, 0) is 0 Å². The van der Waals surface area contributed by atoms with Gasteiger partial charge in [-0.15, -0.1) is 0 Å². The SMILES string of the molecule is Cc1c(F)cc(C(=O)N(CC(F)F)C2CC2)cc1[N+](=O)[O-]. The molecular formula is C13H13F3N2O3. The first-order valence-electron chi connectivity index (χ1n) is 6.35. The number of benzene rings is 1. The molecule has 1 aromatic rings. The third-order valence-electron chi connectivity index (χ3n) is 3.34. The maximum Gasteiger partial charge on any atom is 0.276 e. The summed E-state index contributed by atoms with van der Waals surface area (Å²) >= 11 is 0. The van der Waals surface area contributed by atoms with Crippen molar-refractivity contribution in [3.63, 3.8) is 0 Å². The van der Waals surface area contributed by atoms with Crippen molar-refractivity contribution < 1.29 is 22.9 Å². The number of nitro benzene ring substituents is 1. The van der Waals surface area contributed by atoms with Crippen LogP contribution in [0.4, 0.5) is 18.9 Å². The normalized spacial score (nSPS) is 14.3. The zero-order chi connectivity index (χ0) is 15.7. The third-order valence-corrected chi connectivity index (χ3v) is 3.34. The molecule has 0 spiro atoms. The zero-order valence-corrected chi connectivity index (χ0v) is 11.2. The van der Waals surface area contributed by atoms with Gasteiger partial charge in [-0.2, -0.15) is 0 Å². The molecule has 1 aliphatic rings. The maximum atomic E-state index is 13.7. The predicted octanol–water partition coefficient (Wildman–Crippen LogP) is 2.91. The van der Waals surface area contributed by atoms with Gasteiger partial charge in [0.15, 0.2) is 0 Å². The maximum absolute atomic E-state index is 13.7. The van der Waals surface area contributed by atoms with E-state index >= 15 is 0 Å². The van der Waals surface area contributed by atoms with Gasteiger partial charge in [0.25, 0.3) is 18.0 Å². The van der Waals surface area contributed by atoms with Gasteiger partial charge in [-0.25, -0.2) is 13.2 Å². The molecule has 1 saturated carbocycles. The smallest absolute Gasteiger partial charge is 0.276 e. The number of nitro groups is 1. The highest BCUT2D eigenvalue weighted by molar-refractivity contribution is 5.95. The van der Waals surface area contributed by atoms with Gasteiger partial charge in [0.05, 0.1) is 17.0 Å². The van der Waals surface area contributed by atoms with E-state index in [0.29, 0.717) is 12.8 Å². The summed E-state index contributed by atoms with van der Waals surface area (Å²) in [5.41, 5.74) is -1.01. The van der Waals surface area contributed by atoms with Crippen LogP contribution >= 0.6 is 0 Å². The number of amides is 1. The molecule has 0 N–H and O–H groups in total. The molecule has 0 bridgehead atoms. The van der Waals surface area contributed by atoms with E-state index < -0.39 is 35.3 Å². The fourth-order valence-corrected chi connectivity index (χ4v) is 2.08. The van der Waals surface area contributed by atoms with Gasteiger partial charge in [-0.3, -0.25) is 14.9 Å². The van der Waals surface area contributed by atoms with Gasteiger partial charge in [-0.1, -0.05) is 0 Å². The highest BCUT2D eigenvalue weighted by atomic mass is 19.3. The molecule has 114 valence electrons. The largest absolute Gasteiger partial charge is 0.330 e. The number of nitrogens with zero attached hydrogens (tertiary/aromatic N) is 2. The fourth-order valence-electron chi connectivity index (χ4n) is 2.08. The van der Waals surface area contributed by atoms with Gasteiger partial charge in [0.2, 0.25) is 0 Å². The molecule has 0 atom stereocenters. The fraction of sp³-hybridized carbons (Fsp3) is 0.462. The average Bonchev–Trinajstić information content (AvgIpc) is 3.22. The standard InChI is InChI=1S/C13H13F3N2O3/c1-7-10(14)4-8(5-11(7)18(20)21)13(19)17(6-12(15)16)9-2-3-9/h4-5,9,12H,2-3,6H2,1H3. The van der Waals surface area contributed by atoms with E-state index in [1.807, 2.05) is 0 Å². The minimum absolute atomic E-state index is 0.191. The van der Waals surface area contributed by atoms with Crippen molar-refractivity contribution in [2.45, 2.75) is 32.2 Å². The molecule has 0 unspecified atom stereocenters. The summed E-state index contributed by atoms with van der Waals surface area (Å²) in [7, 11) is 0. The van der Waals surface area contributed by atoms with Crippen LogP contribution in [0, 0.1) is 22.9 Å². The second-order valence-corrected chi connectivity index (χ2v) is 4.94. The van der Waals surface area contributed by atoms with E-state index in [0.717, 1.165) is 17.0 Å². The molecule has 0 aliphatic heterocycles. The van der Waals surface area contributed by atoms with E-state index in [4.69, 9.17) is 0 Å². The lowest BCUT2D eigenvalue weighted by molar-refractivity contribution is -0.385. The Hall–Kier alpha value is -2.12. The Kier molecular flexibility index (Phi) is 4.15. The monoisotopic (exact) mass is 302 g/mol. The first-order chi connectivity index (χ1) is 9.81. The van der Waals surface area contributed by atoms with Gasteiger partial charge in [0, 0.05) is 17.7 Å². The summed E-state index contributed by atoms with van der Waals surface area (Å²) in [5, 5.41) is 10.8. The van der Waals surface area contributed by atoms with E-state index in [1.165, 1.54) is 6.92 Å². The molecule has 0 saturated heterocycles. The Morgan fingerprint density at radius 3 is 2.57 bits per heavy atom. The van der Waals surface area contributed by atoms with Crippen LogP contribution in [0.2, 0.25) is 0 Å². The van der Waals surface area contributed by atoms with Crippen LogP contribution in [0.1, 0.15) is 28.8 Å². The Labute approximate surface area is 118 Å². The van der Waals surface area contributed by atoms with Crippen molar-refractivity contribution in [2.24, 2.45) is 0 Å². The minimum atomic E-state index is -2.71. The summed E-state index contributed by atoms with van der Waals surface area (Å²) < 4.78 is 38.7. The van der Waals surface area contributed by atoms with Crippen molar-refractivity contribution in [1.29, 1.82) is 0 Å². The van der Waals surface area contributed by atoms with Gasteiger partial charge in [-0.05, 0) is 25.8 Å². The van der Waals surface area contributed by atoms with Crippen LogP contribution in [0.5, 0.6) is 0 Å². The molecule has 5 nitrogen and oxygen atoms in total. The number of hydrogen-bond donors (Lipinski definition) is 0. The van der Waals surface area contributed by atoms with E-state index in [2.05, 4.69) is 0 Å². The zero-order valence-electron chi connectivity index (χ0n) is 11.2. The minimum Gasteiger partial charge on any atom is -0.330 e. The Morgan fingerprint density at radius 2 is 2.10 bits per heavy atom. The molecule has 21 heavy (non-hydrogen) atoms. The van der Waals surface area contributed by atoms with E-state index in [1.54, 1.807) is 0 Å². The molecule has 1 amide bonds. The molecule has 1 fully saturated rings. The van der Waals surface area contributed by atoms with Gasteiger partial charge < -0.3 is 4.90 Å². The Bertz CT molecular complexity index is 588. The Balaban J connectivity index is 2.35. The van der Waals surface area contributed by atoms with Crippen LogP contribution < -0.4 is 0 Å². The second kappa shape index (κ2) is 5.71. The summed E-state index contributed by atoms with van der Waals surface area (Å²) in [6.45, 7) is 0.465. The molecule has 0 radical (unpaired) electrons. The number of carbonyl (C=O) groups is 1. The van der Waals surface area contributed by atoms with E-state index in [9.17, 15) is 28.1 Å². The lowest BCUT2D eigenvalue weighted by Crippen LogP contribution is -2.37. The molecule has 0 aromatic heterocycles. The van der Waals surface area contributed by atoms with Crippen LogP contribution in [0.15, 0.2) is 12.1 Å². The summed E-state index contributed by atoms with van der Waals surface area (Å²) in [6.07, 6.45) is -1.50. The third kappa shape index (κ3) is 3.32. The number of hydrogen-bond acceptors (Lipinski definition) is 3. The van der Waals surface area contributed by atoms with Gasteiger partial charge >= 0.3 is 0 Å². The highest BCUT2D eigenvalue weighted by Gasteiger charge is 2.35. The number of carbonyl (C=O) groups excluding carboxylic acids is 1. The lowest BCUT2D eigenvalue weighted by Gasteiger charge is -2.22. The van der Waals surface area contributed by atoms with Gasteiger partial charge in [0.1, 0.15) is 5.82 Å². The van der Waals surface area contributed by atoms with Crippen LogP contribution in [0.3, 0.4) is 0 Å². The van der Waals surface area contributed by atoms with Crippen molar-refractivity contribution in [3.05, 3.63) is 39.2 Å². The quantitative estimate of drug-likeness (QED) is 0.620. The van der Waals surface area contributed by atoms with E-state index in [-0.39, 0.29) is 17.2 Å². The predicted molar refractivity (Wildman–Crippen MR) is 67.9 cm³/mol. The van der Waals surface area contributed by atoms with Crippen molar-refractivity contribution >= 4 is 11.6 Å². The molecular weight excluding hydrogens is 289 g/mol. The van der Waals surface area contributed by atoms with Crippen LogP contribution in [-0.4, -0.2) is 34.7 Å².